The third-order valence-corrected chi connectivity index (χ3v) is 10.2. The Morgan fingerprint density at radius 1 is 0.933 bits per heavy atom. The van der Waals surface area contributed by atoms with Crippen molar-refractivity contribution >= 4 is 39.6 Å². The molecule has 0 aromatic heterocycles. The van der Waals surface area contributed by atoms with Gasteiger partial charge in [-0.15, -0.1) is 6.58 Å². The number of carbonyl (C=O) groups is 5. The summed E-state index contributed by atoms with van der Waals surface area (Å²) in [6.07, 6.45) is 4.53. The maximum atomic E-state index is 14.0. The van der Waals surface area contributed by atoms with Crippen LogP contribution < -0.4 is 21.3 Å². The van der Waals surface area contributed by atoms with Crippen LogP contribution >= 0.6 is 0 Å². The molecule has 256 valence electrons. The number of rotatable bonds is 13. The Morgan fingerprint density at radius 3 is 2.16 bits per heavy atom. The van der Waals surface area contributed by atoms with Gasteiger partial charge in [-0.2, -0.15) is 4.31 Å². The SMILES string of the molecule is C=CCNC(=O)C(=O)C(CCC)NC(=O)[C@@H]1CCCN1C(=O)[C@@H](NC(=O)N[C@H](CN1CCCCS1(=O)=O)C(C)(C)C)C(C)(C)C. The van der Waals surface area contributed by atoms with Crippen molar-refractivity contribution < 1.29 is 32.4 Å². The molecule has 2 aliphatic rings. The van der Waals surface area contributed by atoms with Crippen LogP contribution in [0.2, 0.25) is 0 Å². The Labute approximate surface area is 268 Å². The molecule has 0 saturated carbocycles. The zero-order chi connectivity index (χ0) is 34.2. The van der Waals surface area contributed by atoms with Gasteiger partial charge in [0.1, 0.15) is 12.1 Å². The number of amides is 5. The maximum Gasteiger partial charge on any atom is 0.315 e. The quantitative estimate of drug-likeness (QED) is 0.173. The van der Waals surface area contributed by atoms with Gasteiger partial charge in [0.15, 0.2) is 0 Å². The van der Waals surface area contributed by atoms with Gasteiger partial charge < -0.3 is 26.2 Å². The summed E-state index contributed by atoms with van der Waals surface area (Å²) in [5.74, 6) is -2.47. The molecule has 0 bridgehead atoms. The molecule has 1 unspecified atom stereocenters. The lowest BCUT2D eigenvalue weighted by Gasteiger charge is -2.38. The number of sulfonamides is 1. The molecule has 14 heteroatoms. The molecule has 2 aliphatic heterocycles. The molecular weight excluding hydrogens is 600 g/mol. The summed E-state index contributed by atoms with van der Waals surface area (Å²) in [5, 5.41) is 10.9. The molecule has 2 rings (SSSR count). The molecule has 0 aliphatic carbocycles. The van der Waals surface area contributed by atoms with Gasteiger partial charge in [0.05, 0.1) is 11.8 Å². The number of nitrogens with one attached hydrogen (secondary N) is 4. The van der Waals surface area contributed by atoms with E-state index in [9.17, 15) is 32.4 Å². The minimum atomic E-state index is -3.41. The minimum Gasteiger partial charge on any atom is -0.346 e. The molecule has 4 N–H and O–H groups in total. The Kier molecular flexibility index (Phi) is 13.6. The third-order valence-electron chi connectivity index (χ3n) is 8.26. The first-order valence-electron chi connectivity index (χ1n) is 15.9. The van der Waals surface area contributed by atoms with Crippen molar-refractivity contribution in [1.29, 1.82) is 0 Å². The predicted octanol–water partition coefficient (Wildman–Crippen LogP) is 1.69. The topological polar surface area (TPSA) is 174 Å². The number of likely N-dealkylation sites (tertiary alicyclic amines) is 1. The van der Waals surface area contributed by atoms with Crippen molar-refractivity contribution in [3.8, 4) is 0 Å². The van der Waals surface area contributed by atoms with Gasteiger partial charge in [0, 0.05) is 32.2 Å². The molecule has 2 heterocycles. The monoisotopic (exact) mass is 654 g/mol. The molecule has 0 radical (unpaired) electrons. The fourth-order valence-electron chi connectivity index (χ4n) is 5.47. The average molecular weight is 655 g/mol. The van der Waals surface area contributed by atoms with Gasteiger partial charge in [-0.1, -0.05) is 61.0 Å². The van der Waals surface area contributed by atoms with Crippen molar-refractivity contribution in [2.24, 2.45) is 10.8 Å². The lowest BCUT2D eigenvalue weighted by molar-refractivity contribution is -0.143. The lowest BCUT2D eigenvalue weighted by Crippen LogP contribution is -2.62. The van der Waals surface area contributed by atoms with Crippen LogP contribution in [0.5, 0.6) is 0 Å². The summed E-state index contributed by atoms with van der Waals surface area (Å²) in [4.78, 5) is 67.3. The summed E-state index contributed by atoms with van der Waals surface area (Å²) in [6.45, 7) is 17.4. The Balaban J connectivity index is 2.20. The molecule has 2 saturated heterocycles. The van der Waals surface area contributed by atoms with E-state index >= 15 is 0 Å². The summed E-state index contributed by atoms with van der Waals surface area (Å²) in [6, 6.07) is -4.07. The fourth-order valence-corrected chi connectivity index (χ4v) is 7.08. The molecule has 2 fully saturated rings. The van der Waals surface area contributed by atoms with E-state index < -0.39 is 74.6 Å². The second kappa shape index (κ2) is 16.0. The highest BCUT2D eigenvalue weighted by atomic mass is 32.2. The first-order chi connectivity index (χ1) is 20.8. The summed E-state index contributed by atoms with van der Waals surface area (Å²) in [7, 11) is -3.41. The van der Waals surface area contributed by atoms with E-state index in [-0.39, 0.29) is 31.8 Å². The minimum absolute atomic E-state index is 0.0805. The standard InChI is InChI=1S/C31H54N6O7S/c1-9-14-21(24(38)27(40)32-16-10-2)33-26(39)22-15-13-18-37(22)28(41)25(31(6,7)8)35-29(42)34-23(30(3,4)5)20-36-17-11-12-19-45(36,43)44/h10,21-23,25H,2,9,11-20H2,1,3-8H3,(H,32,40)(H,33,39)(H2,34,35,42)/t21?,22-,23+,25+/m0/s1. The van der Waals surface area contributed by atoms with Crippen LogP contribution in [0.25, 0.3) is 0 Å². The van der Waals surface area contributed by atoms with Gasteiger partial charge in [-0.25, -0.2) is 13.2 Å². The highest BCUT2D eigenvalue weighted by Crippen LogP contribution is 2.27. The van der Waals surface area contributed by atoms with Crippen LogP contribution in [0.4, 0.5) is 4.79 Å². The van der Waals surface area contributed by atoms with Crippen molar-refractivity contribution in [3.05, 3.63) is 12.7 Å². The van der Waals surface area contributed by atoms with Crippen LogP contribution in [0, 0.1) is 10.8 Å². The fraction of sp³-hybridized carbons (Fsp3) is 0.774. The van der Waals surface area contributed by atoms with Crippen LogP contribution in [0.1, 0.15) is 87.0 Å². The highest BCUT2D eigenvalue weighted by Gasteiger charge is 2.43. The number of hydrogen-bond donors (Lipinski definition) is 4. The second-order valence-corrected chi connectivity index (χ2v) is 16.2. The molecule has 45 heavy (non-hydrogen) atoms. The van der Waals surface area contributed by atoms with E-state index in [1.807, 2.05) is 27.7 Å². The normalized spacial score (nSPS) is 20.8. The average Bonchev–Trinajstić information content (AvgIpc) is 3.43. The van der Waals surface area contributed by atoms with E-state index in [0.717, 1.165) is 6.42 Å². The Hall–Kier alpha value is -3.00. The molecular formula is C31H54N6O7S. The predicted molar refractivity (Wildman–Crippen MR) is 173 cm³/mol. The van der Waals surface area contributed by atoms with Crippen molar-refractivity contribution in [3.63, 3.8) is 0 Å². The number of urea groups is 1. The number of Topliss-reactive ketones (excluding diaryl/α,β-unsaturated/α-hetero) is 1. The van der Waals surface area contributed by atoms with E-state index in [1.54, 1.807) is 20.8 Å². The van der Waals surface area contributed by atoms with Gasteiger partial charge in [0.2, 0.25) is 27.6 Å². The molecule has 5 amide bonds. The summed E-state index contributed by atoms with van der Waals surface area (Å²) >= 11 is 0. The number of hydrogen-bond acceptors (Lipinski definition) is 7. The number of carbonyl (C=O) groups excluding carboxylic acids is 5. The zero-order valence-corrected chi connectivity index (χ0v) is 28.8. The number of ketones is 1. The van der Waals surface area contributed by atoms with E-state index in [2.05, 4.69) is 27.8 Å². The highest BCUT2D eigenvalue weighted by molar-refractivity contribution is 7.89. The Bertz CT molecular complexity index is 1210. The van der Waals surface area contributed by atoms with E-state index in [1.165, 1.54) is 15.3 Å². The third kappa shape index (κ3) is 10.8. The maximum absolute atomic E-state index is 14.0. The van der Waals surface area contributed by atoms with Gasteiger partial charge in [-0.3, -0.25) is 19.2 Å². The molecule has 13 nitrogen and oxygen atoms in total. The van der Waals surface area contributed by atoms with Gasteiger partial charge in [-0.05, 0) is 42.9 Å². The second-order valence-electron chi connectivity index (χ2n) is 14.1. The molecule has 0 aromatic carbocycles. The lowest BCUT2D eigenvalue weighted by atomic mass is 9.85. The first kappa shape index (κ1) is 38.2. The van der Waals surface area contributed by atoms with Crippen LogP contribution in [0.3, 0.4) is 0 Å². The van der Waals surface area contributed by atoms with E-state index in [0.29, 0.717) is 32.2 Å². The van der Waals surface area contributed by atoms with Gasteiger partial charge >= 0.3 is 6.03 Å². The van der Waals surface area contributed by atoms with Crippen LogP contribution in [-0.4, -0.2) is 103 Å². The molecule has 4 atom stereocenters. The Morgan fingerprint density at radius 2 is 1.60 bits per heavy atom. The van der Waals surface area contributed by atoms with Crippen molar-refractivity contribution in [1.82, 2.24) is 30.5 Å². The first-order valence-corrected chi connectivity index (χ1v) is 17.5. The number of nitrogens with zero attached hydrogens (tertiary/aromatic N) is 2. The molecule has 0 spiro atoms. The smallest absolute Gasteiger partial charge is 0.315 e. The summed E-state index contributed by atoms with van der Waals surface area (Å²) in [5.41, 5.74) is -1.23. The van der Waals surface area contributed by atoms with E-state index in [4.69, 9.17) is 0 Å². The molecule has 0 aromatic rings. The van der Waals surface area contributed by atoms with Crippen LogP contribution in [-0.2, 0) is 29.2 Å². The summed E-state index contributed by atoms with van der Waals surface area (Å²) < 4.78 is 26.7. The van der Waals surface area contributed by atoms with Crippen molar-refractivity contribution in [2.75, 3.05) is 31.9 Å². The van der Waals surface area contributed by atoms with Crippen LogP contribution in [0.15, 0.2) is 12.7 Å². The van der Waals surface area contributed by atoms with Crippen molar-refractivity contribution in [2.45, 2.75) is 111 Å². The largest absolute Gasteiger partial charge is 0.346 e. The van der Waals surface area contributed by atoms with Gasteiger partial charge in [0.25, 0.3) is 5.91 Å². The zero-order valence-electron chi connectivity index (χ0n) is 28.0.